The second-order valence-electron chi connectivity index (χ2n) is 3.14. The lowest BCUT2D eigenvalue weighted by molar-refractivity contribution is 0.922. The van der Waals surface area contributed by atoms with E-state index in [9.17, 15) is 0 Å². The summed E-state index contributed by atoms with van der Waals surface area (Å²) in [5, 5.41) is 3.06. The molecule has 0 unspecified atom stereocenters. The molecule has 0 spiro atoms. The first-order valence-corrected chi connectivity index (χ1v) is 4.64. The van der Waals surface area contributed by atoms with Gasteiger partial charge in [0.15, 0.2) is 0 Å². The minimum absolute atomic E-state index is 0.878. The first-order chi connectivity index (χ1) is 6.90. The van der Waals surface area contributed by atoms with Crippen molar-refractivity contribution in [3.8, 4) is 0 Å². The fraction of sp³-hybridized carbons (Fsp3) is 0.182. The summed E-state index contributed by atoms with van der Waals surface area (Å²) < 4.78 is 0. The van der Waals surface area contributed by atoms with Crippen LogP contribution >= 0.6 is 0 Å². The molecule has 0 aromatic carbocycles. The topological polar surface area (TPSA) is 40.7 Å². The zero-order valence-electron chi connectivity index (χ0n) is 8.12. The summed E-state index contributed by atoms with van der Waals surface area (Å²) in [7, 11) is 1.93. The van der Waals surface area contributed by atoms with Crippen LogP contribution in [0.2, 0.25) is 0 Å². The van der Waals surface area contributed by atoms with Gasteiger partial charge in [-0.3, -0.25) is 4.98 Å². The molecule has 0 aliphatic carbocycles. The molecule has 3 heteroatoms. The van der Waals surface area contributed by atoms with Crippen LogP contribution in [-0.4, -0.2) is 23.6 Å². The molecule has 2 heterocycles. The zero-order chi connectivity index (χ0) is 9.80. The van der Waals surface area contributed by atoms with Gasteiger partial charge >= 0.3 is 0 Å². The van der Waals surface area contributed by atoms with E-state index in [2.05, 4.69) is 33.5 Å². The Labute approximate surface area is 82.9 Å². The highest BCUT2D eigenvalue weighted by Crippen LogP contribution is 2.11. The molecular weight excluding hydrogens is 174 g/mol. The van der Waals surface area contributed by atoms with Crippen molar-refractivity contribution in [2.75, 3.05) is 13.6 Å². The van der Waals surface area contributed by atoms with Crippen molar-refractivity contribution in [2.24, 2.45) is 0 Å². The van der Waals surface area contributed by atoms with E-state index in [1.165, 1.54) is 0 Å². The Morgan fingerprint density at radius 1 is 1.57 bits per heavy atom. The Bertz CT molecular complexity index is 442. The standard InChI is InChI=1S/C11H13N3/c1-12-5-2-3-9-7-11-10(14-8-9)4-6-13-11/h2-4,6-8,12-13H,5H2,1H3. The highest BCUT2D eigenvalue weighted by molar-refractivity contribution is 5.77. The van der Waals surface area contributed by atoms with Crippen LogP contribution in [0.4, 0.5) is 0 Å². The third kappa shape index (κ3) is 1.83. The fourth-order valence-electron chi connectivity index (χ4n) is 1.35. The molecule has 14 heavy (non-hydrogen) atoms. The maximum absolute atomic E-state index is 4.32. The molecule has 0 radical (unpaired) electrons. The molecular formula is C11H13N3. The van der Waals surface area contributed by atoms with Crippen LogP contribution in [0.3, 0.4) is 0 Å². The van der Waals surface area contributed by atoms with Crippen LogP contribution in [0.15, 0.2) is 30.6 Å². The molecule has 2 rings (SSSR count). The van der Waals surface area contributed by atoms with Gasteiger partial charge in [-0.05, 0) is 24.7 Å². The predicted molar refractivity (Wildman–Crippen MR) is 59.1 cm³/mol. The molecule has 3 nitrogen and oxygen atoms in total. The van der Waals surface area contributed by atoms with Crippen LogP contribution < -0.4 is 5.32 Å². The number of pyridine rings is 1. The Morgan fingerprint density at radius 2 is 2.50 bits per heavy atom. The molecule has 0 saturated carbocycles. The molecule has 72 valence electrons. The van der Waals surface area contributed by atoms with E-state index >= 15 is 0 Å². The quantitative estimate of drug-likeness (QED) is 0.769. The van der Waals surface area contributed by atoms with Crippen LogP contribution in [0.1, 0.15) is 5.56 Å². The average molecular weight is 187 g/mol. The normalized spacial score (nSPS) is 11.5. The lowest BCUT2D eigenvalue weighted by Gasteiger charge is -1.94. The number of hydrogen-bond acceptors (Lipinski definition) is 2. The van der Waals surface area contributed by atoms with Crippen molar-refractivity contribution in [1.29, 1.82) is 0 Å². The number of aromatic amines is 1. The summed E-state index contributed by atoms with van der Waals surface area (Å²) in [5.74, 6) is 0. The van der Waals surface area contributed by atoms with Crippen LogP contribution in [0.25, 0.3) is 17.1 Å². The van der Waals surface area contributed by atoms with Crippen molar-refractivity contribution in [2.45, 2.75) is 0 Å². The van der Waals surface area contributed by atoms with Gasteiger partial charge in [-0.15, -0.1) is 0 Å². The number of nitrogens with one attached hydrogen (secondary N) is 2. The van der Waals surface area contributed by atoms with E-state index in [-0.39, 0.29) is 0 Å². The SMILES string of the molecule is CNCC=Cc1cnc2cc[nH]c2c1. The van der Waals surface area contributed by atoms with Gasteiger partial charge in [0.25, 0.3) is 0 Å². The number of hydrogen-bond donors (Lipinski definition) is 2. The van der Waals surface area contributed by atoms with Gasteiger partial charge in [0.1, 0.15) is 0 Å². The first kappa shape index (κ1) is 8.97. The van der Waals surface area contributed by atoms with Crippen molar-refractivity contribution in [1.82, 2.24) is 15.3 Å². The van der Waals surface area contributed by atoms with Gasteiger partial charge in [0.2, 0.25) is 0 Å². The summed E-state index contributed by atoms with van der Waals surface area (Å²) in [6.07, 6.45) is 7.91. The van der Waals surface area contributed by atoms with E-state index in [0.717, 1.165) is 23.1 Å². The smallest absolute Gasteiger partial charge is 0.0879 e. The highest BCUT2D eigenvalue weighted by atomic mass is 14.8. The minimum atomic E-state index is 0.878. The van der Waals surface area contributed by atoms with Crippen LogP contribution in [-0.2, 0) is 0 Å². The van der Waals surface area contributed by atoms with E-state index in [0.29, 0.717) is 0 Å². The molecule has 0 atom stereocenters. The van der Waals surface area contributed by atoms with Gasteiger partial charge < -0.3 is 10.3 Å². The molecule has 2 aromatic rings. The maximum Gasteiger partial charge on any atom is 0.0879 e. The lowest BCUT2D eigenvalue weighted by atomic mass is 10.2. The Balaban J connectivity index is 2.25. The molecule has 0 saturated heterocycles. The molecule has 0 aliphatic heterocycles. The number of nitrogens with zero attached hydrogens (tertiary/aromatic N) is 1. The highest BCUT2D eigenvalue weighted by Gasteiger charge is 1.94. The van der Waals surface area contributed by atoms with Crippen molar-refractivity contribution in [3.05, 3.63) is 36.2 Å². The zero-order valence-corrected chi connectivity index (χ0v) is 8.12. The first-order valence-electron chi connectivity index (χ1n) is 4.64. The minimum Gasteiger partial charge on any atom is -0.360 e. The van der Waals surface area contributed by atoms with E-state index in [4.69, 9.17) is 0 Å². The van der Waals surface area contributed by atoms with Gasteiger partial charge in [-0.25, -0.2) is 0 Å². The average Bonchev–Trinajstić information content (AvgIpc) is 2.65. The number of likely N-dealkylation sites (N-methyl/N-ethyl adjacent to an activating group) is 1. The van der Waals surface area contributed by atoms with Crippen molar-refractivity contribution >= 4 is 17.1 Å². The van der Waals surface area contributed by atoms with E-state index in [1.807, 2.05) is 25.5 Å². The number of H-pyrrole nitrogens is 1. The fourth-order valence-corrected chi connectivity index (χ4v) is 1.35. The van der Waals surface area contributed by atoms with Gasteiger partial charge in [0.05, 0.1) is 11.0 Å². The number of aromatic nitrogens is 2. The molecule has 2 N–H and O–H groups in total. The summed E-state index contributed by atoms with van der Waals surface area (Å²) in [6.45, 7) is 0.878. The Morgan fingerprint density at radius 3 is 3.36 bits per heavy atom. The molecule has 0 bridgehead atoms. The number of rotatable bonds is 3. The second-order valence-corrected chi connectivity index (χ2v) is 3.14. The second kappa shape index (κ2) is 4.07. The van der Waals surface area contributed by atoms with Crippen molar-refractivity contribution in [3.63, 3.8) is 0 Å². The Hall–Kier alpha value is -1.61. The Kier molecular flexibility index (Phi) is 2.60. The largest absolute Gasteiger partial charge is 0.360 e. The van der Waals surface area contributed by atoms with Crippen molar-refractivity contribution < 1.29 is 0 Å². The predicted octanol–water partition coefficient (Wildman–Crippen LogP) is 1.80. The lowest BCUT2D eigenvalue weighted by Crippen LogP contribution is -2.03. The number of fused-ring (bicyclic) bond motifs is 1. The molecule has 0 amide bonds. The van der Waals surface area contributed by atoms with E-state index in [1.54, 1.807) is 0 Å². The molecule has 2 aromatic heterocycles. The van der Waals surface area contributed by atoms with Crippen LogP contribution in [0.5, 0.6) is 0 Å². The third-order valence-corrected chi connectivity index (χ3v) is 2.05. The van der Waals surface area contributed by atoms with Gasteiger partial charge in [-0.1, -0.05) is 12.2 Å². The summed E-state index contributed by atoms with van der Waals surface area (Å²) in [5.41, 5.74) is 3.21. The van der Waals surface area contributed by atoms with Crippen LogP contribution in [0, 0.1) is 0 Å². The molecule has 0 fully saturated rings. The maximum atomic E-state index is 4.32. The summed E-state index contributed by atoms with van der Waals surface area (Å²) in [4.78, 5) is 7.46. The third-order valence-electron chi connectivity index (χ3n) is 2.05. The summed E-state index contributed by atoms with van der Waals surface area (Å²) in [6, 6.07) is 4.06. The molecule has 0 aliphatic rings. The van der Waals surface area contributed by atoms with E-state index < -0.39 is 0 Å². The monoisotopic (exact) mass is 187 g/mol. The van der Waals surface area contributed by atoms with Gasteiger partial charge in [-0.2, -0.15) is 0 Å². The van der Waals surface area contributed by atoms with Gasteiger partial charge in [0, 0.05) is 18.9 Å². The summed E-state index contributed by atoms with van der Waals surface area (Å²) >= 11 is 0.